The minimum absolute atomic E-state index is 0.263. The molecule has 0 aromatic heterocycles. The number of aldehydes is 1. The Labute approximate surface area is 118 Å². The number of carbonyl (C=O) groups is 1. The van der Waals surface area contributed by atoms with E-state index in [-0.39, 0.29) is 17.6 Å². The molecule has 0 fully saturated rings. The summed E-state index contributed by atoms with van der Waals surface area (Å²) < 4.78 is 70.0. The maximum Gasteiger partial charge on any atom is 0.171 e. The normalized spacial score (nSPS) is 28.8. The van der Waals surface area contributed by atoms with Crippen molar-refractivity contribution in [2.75, 3.05) is 18.8 Å². The molecule has 0 aromatic carbocycles. The second kappa shape index (κ2) is 5.23. The molecule has 3 unspecified atom stereocenters. The largest absolute Gasteiger partial charge is 0.303 e. The van der Waals surface area contributed by atoms with Crippen LogP contribution in [0.15, 0.2) is 11.0 Å². The molecule has 1 aliphatic rings. The van der Waals surface area contributed by atoms with Gasteiger partial charge in [0.1, 0.15) is 6.29 Å². The van der Waals surface area contributed by atoms with Crippen LogP contribution >= 0.6 is 0 Å². The third kappa shape index (κ3) is 3.67. The van der Waals surface area contributed by atoms with Crippen LogP contribution in [0.5, 0.6) is 0 Å². The zero-order valence-electron chi connectivity index (χ0n) is 11.2. The molecule has 1 rings (SSSR count). The molecule has 0 radical (unpaired) electrons. The fourth-order valence-electron chi connectivity index (χ4n) is 2.19. The van der Waals surface area contributed by atoms with Crippen molar-refractivity contribution in [3.8, 4) is 0 Å². The molecule has 0 N–H and O–H groups in total. The van der Waals surface area contributed by atoms with Gasteiger partial charge in [-0.3, -0.25) is 0 Å². The van der Waals surface area contributed by atoms with Crippen LogP contribution in [0.25, 0.3) is 0 Å². The minimum atomic E-state index is -3.81. The molecule has 7 nitrogen and oxygen atoms in total. The van der Waals surface area contributed by atoms with Crippen LogP contribution in [0.3, 0.4) is 0 Å². The number of allylic oxidation sites excluding steroid dienone is 1. The monoisotopic (exact) mass is 344 g/mol. The number of hydrogen-bond acceptors (Lipinski definition) is 7. The van der Waals surface area contributed by atoms with Gasteiger partial charge in [-0.1, -0.05) is 6.08 Å². The van der Waals surface area contributed by atoms with E-state index in [0.717, 1.165) is 24.8 Å². The van der Waals surface area contributed by atoms with E-state index < -0.39 is 45.9 Å². The van der Waals surface area contributed by atoms with Crippen LogP contribution in [-0.2, 0) is 34.3 Å². The Balaban J connectivity index is 3.59. The Morgan fingerprint density at radius 2 is 1.50 bits per heavy atom. The van der Waals surface area contributed by atoms with Gasteiger partial charge >= 0.3 is 0 Å². The first kappa shape index (κ1) is 17.3. The Bertz CT molecular complexity index is 741. The van der Waals surface area contributed by atoms with Gasteiger partial charge in [-0.2, -0.15) is 0 Å². The Morgan fingerprint density at radius 1 is 1.00 bits per heavy atom. The summed E-state index contributed by atoms with van der Waals surface area (Å²) in [6, 6.07) is 0. The molecule has 0 spiro atoms. The second-order valence-electron chi connectivity index (χ2n) is 4.98. The predicted octanol–water partition coefficient (Wildman–Crippen LogP) is -1.04. The van der Waals surface area contributed by atoms with Gasteiger partial charge in [0.2, 0.25) is 0 Å². The van der Waals surface area contributed by atoms with E-state index in [1.54, 1.807) is 0 Å². The summed E-state index contributed by atoms with van der Waals surface area (Å²) in [5.74, 6) is -1.30. The molecule has 116 valence electrons. The summed E-state index contributed by atoms with van der Waals surface area (Å²) in [4.78, 5) is 10.9. The van der Waals surface area contributed by atoms with E-state index >= 15 is 0 Å². The summed E-state index contributed by atoms with van der Waals surface area (Å²) >= 11 is 0. The van der Waals surface area contributed by atoms with Gasteiger partial charge in [-0.15, -0.1) is 0 Å². The average molecular weight is 344 g/mol. The molecule has 0 saturated heterocycles. The molecule has 0 aliphatic heterocycles. The first-order chi connectivity index (χ1) is 8.78. The maximum atomic E-state index is 11.7. The molecular formula is C10H16O7S3. The third-order valence-electron chi connectivity index (χ3n) is 3.24. The first-order valence-electron chi connectivity index (χ1n) is 5.52. The summed E-state index contributed by atoms with van der Waals surface area (Å²) in [6.07, 6.45) is 3.44. The Kier molecular flexibility index (Phi) is 4.52. The lowest BCUT2D eigenvalue weighted by molar-refractivity contribution is -0.111. The van der Waals surface area contributed by atoms with Crippen molar-refractivity contribution >= 4 is 35.8 Å². The van der Waals surface area contributed by atoms with Gasteiger partial charge < -0.3 is 4.79 Å². The number of carbonyl (C=O) groups excluding carboxylic acids is 1. The standard InChI is InChI=1S/C10H16O7S3/c1-18(12,13)7-4-9(19(2,14)15)8(6-11)10(5-7)20(3,16)17/h4,6,8-10H,5H2,1-3H3. The van der Waals surface area contributed by atoms with Crippen molar-refractivity contribution in [3.05, 3.63) is 11.0 Å². The Hall–Kier alpha value is -0.740. The maximum absolute atomic E-state index is 11.7. The summed E-state index contributed by atoms with van der Waals surface area (Å²) in [5.41, 5.74) is 0. The minimum Gasteiger partial charge on any atom is -0.303 e. The quantitative estimate of drug-likeness (QED) is 0.597. The van der Waals surface area contributed by atoms with Gasteiger partial charge in [0.05, 0.1) is 16.4 Å². The van der Waals surface area contributed by atoms with Crippen LogP contribution in [-0.4, -0.2) is 60.8 Å². The van der Waals surface area contributed by atoms with Crippen LogP contribution < -0.4 is 0 Å². The topological polar surface area (TPSA) is 119 Å². The van der Waals surface area contributed by atoms with Crippen LogP contribution in [0.2, 0.25) is 0 Å². The van der Waals surface area contributed by atoms with Gasteiger partial charge in [0, 0.05) is 30.1 Å². The van der Waals surface area contributed by atoms with E-state index in [2.05, 4.69) is 0 Å². The highest BCUT2D eigenvalue weighted by Crippen LogP contribution is 2.33. The zero-order chi connectivity index (χ0) is 15.9. The molecule has 0 amide bonds. The van der Waals surface area contributed by atoms with Crippen LogP contribution in [0, 0.1) is 5.92 Å². The molecule has 1 aliphatic carbocycles. The lowest BCUT2D eigenvalue weighted by atomic mass is 9.94. The number of sulfone groups is 3. The molecule has 0 aromatic rings. The van der Waals surface area contributed by atoms with Crippen LogP contribution in [0.4, 0.5) is 0 Å². The van der Waals surface area contributed by atoms with E-state index in [9.17, 15) is 30.0 Å². The Morgan fingerprint density at radius 3 is 1.80 bits per heavy atom. The lowest BCUT2D eigenvalue weighted by Crippen LogP contribution is -2.44. The fraction of sp³-hybridized carbons (Fsp3) is 0.700. The van der Waals surface area contributed by atoms with Crippen molar-refractivity contribution in [2.45, 2.75) is 16.9 Å². The first-order valence-corrected chi connectivity index (χ1v) is 11.3. The number of hydrogen-bond donors (Lipinski definition) is 0. The van der Waals surface area contributed by atoms with Crippen LogP contribution in [0.1, 0.15) is 6.42 Å². The van der Waals surface area contributed by atoms with E-state index in [1.165, 1.54) is 0 Å². The molecular weight excluding hydrogens is 328 g/mol. The third-order valence-corrected chi connectivity index (χ3v) is 7.51. The highest BCUT2D eigenvalue weighted by atomic mass is 32.2. The summed E-state index contributed by atoms with van der Waals surface area (Å²) in [7, 11) is -11.3. The average Bonchev–Trinajstić information content (AvgIpc) is 2.23. The van der Waals surface area contributed by atoms with Gasteiger partial charge in [0.25, 0.3) is 0 Å². The molecule has 10 heteroatoms. The number of rotatable bonds is 4. The fourth-order valence-corrected chi connectivity index (χ4v) is 5.88. The van der Waals surface area contributed by atoms with Gasteiger partial charge in [0.15, 0.2) is 29.5 Å². The highest BCUT2D eigenvalue weighted by Gasteiger charge is 2.44. The van der Waals surface area contributed by atoms with Crippen molar-refractivity contribution in [2.24, 2.45) is 5.92 Å². The zero-order valence-corrected chi connectivity index (χ0v) is 13.6. The molecule has 0 saturated carbocycles. The SMILES string of the molecule is CS(=O)(=O)C1=CC(S(C)(=O)=O)C(C=O)C(S(C)(=O)=O)C1. The van der Waals surface area contributed by atoms with Crippen molar-refractivity contribution in [3.63, 3.8) is 0 Å². The van der Waals surface area contributed by atoms with E-state index in [4.69, 9.17) is 0 Å². The van der Waals surface area contributed by atoms with Crippen molar-refractivity contribution in [1.82, 2.24) is 0 Å². The molecule has 20 heavy (non-hydrogen) atoms. The summed E-state index contributed by atoms with van der Waals surface area (Å²) in [5, 5.41) is -2.80. The molecule has 3 atom stereocenters. The van der Waals surface area contributed by atoms with Gasteiger partial charge in [-0.25, -0.2) is 25.3 Å². The van der Waals surface area contributed by atoms with E-state index in [1.807, 2.05) is 0 Å². The van der Waals surface area contributed by atoms with Crippen molar-refractivity contribution < 1.29 is 30.0 Å². The molecule has 0 heterocycles. The van der Waals surface area contributed by atoms with Gasteiger partial charge in [-0.05, 0) is 0 Å². The highest BCUT2D eigenvalue weighted by molar-refractivity contribution is 7.95. The lowest BCUT2D eigenvalue weighted by Gasteiger charge is -2.31. The smallest absolute Gasteiger partial charge is 0.171 e. The predicted molar refractivity (Wildman–Crippen MR) is 74.4 cm³/mol. The summed E-state index contributed by atoms with van der Waals surface area (Å²) in [6.45, 7) is 0. The molecule has 0 bridgehead atoms. The second-order valence-corrected chi connectivity index (χ2v) is 11.5. The van der Waals surface area contributed by atoms with Crippen molar-refractivity contribution in [1.29, 1.82) is 0 Å². The van der Waals surface area contributed by atoms with E-state index in [0.29, 0.717) is 0 Å².